The molecule has 0 aliphatic heterocycles. The lowest BCUT2D eigenvalue weighted by Crippen LogP contribution is -2.29. The highest BCUT2D eigenvalue weighted by Crippen LogP contribution is 2.39. The van der Waals surface area contributed by atoms with Crippen LogP contribution >= 0.6 is 0 Å². The summed E-state index contributed by atoms with van der Waals surface area (Å²) in [5.74, 6) is -1.36. The molecule has 1 rings (SSSR count). The number of rotatable bonds is 6. The smallest absolute Gasteiger partial charge is 0.416 e. The second-order valence-electron chi connectivity index (χ2n) is 5.40. The maximum Gasteiger partial charge on any atom is 0.416 e. The van der Waals surface area contributed by atoms with Crippen molar-refractivity contribution in [2.75, 3.05) is 13.2 Å². The predicted molar refractivity (Wildman–Crippen MR) is 95.4 cm³/mol. The molecule has 0 aromatic heterocycles. The van der Waals surface area contributed by atoms with Crippen LogP contribution in [0.25, 0.3) is 0 Å². The Bertz CT molecular complexity index is 758. The van der Waals surface area contributed by atoms with Gasteiger partial charge in [0, 0.05) is 12.1 Å². The number of ether oxygens (including phenoxy) is 1. The van der Waals surface area contributed by atoms with E-state index in [2.05, 4.69) is 4.74 Å². The van der Waals surface area contributed by atoms with E-state index in [0.717, 1.165) is 13.0 Å². The van der Waals surface area contributed by atoms with Crippen LogP contribution < -0.4 is 5.32 Å². The number of hydrogen-bond donors (Lipinski definition) is 2. The SMILES string of the molecule is CC(=O)O.CCc1c(C(F)(F)F)cccc1C(F)(F)F.O=COCC(=O)CNC(=O)N=O. The van der Waals surface area contributed by atoms with Crippen LogP contribution in [0.4, 0.5) is 31.1 Å². The van der Waals surface area contributed by atoms with Gasteiger partial charge in [0.2, 0.25) is 0 Å². The van der Waals surface area contributed by atoms with E-state index in [-0.39, 0.29) is 19.4 Å². The number of carbonyl (C=O) groups is 4. The van der Waals surface area contributed by atoms with Crippen LogP contribution in [0.15, 0.2) is 23.4 Å². The Morgan fingerprint density at radius 2 is 1.53 bits per heavy atom. The molecule has 180 valence electrons. The molecule has 0 aliphatic rings. The fourth-order valence-electron chi connectivity index (χ4n) is 1.88. The van der Waals surface area contributed by atoms with Gasteiger partial charge in [-0.1, -0.05) is 13.0 Å². The lowest BCUT2D eigenvalue weighted by Gasteiger charge is -2.17. The van der Waals surface area contributed by atoms with Gasteiger partial charge < -0.3 is 15.2 Å². The molecule has 0 unspecified atom stereocenters. The highest BCUT2D eigenvalue weighted by atomic mass is 19.4. The number of carbonyl (C=O) groups excluding carboxylic acids is 3. The van der Waals surface area contributed by atoms with Crippen molar-refractivity contribution >= 4 is 24.3 Å². The van der Waals surface area contributed by atoms with Crippen molar-refractivity contribution in [3.63, 3.8) is 0 Å². The second-order valence-corrected chi connectivity index (χ2v) is 5.40. The van der Waals surface area contributed by atoms with E-state index in [9.17, 15) is 45.6 Å². The van der Waals surface area contributed by atoms with Crippen molar-refractivity contribution in [2.45, 2.75) is 32.6 Å². The average Bonchev–Trinajstić information content (AvgIpc) is 2.68. The van der Waals surface area contributed by atoms with Crippen molar-refractivity contribution < 1.29 is 55.4 Å². The van der Waals surface area contributed by atoms with Crippen molar-refractivity contribution in [3.8, 4) is 0 Å². The minimum absolute atomic E-state index is 0.109. The molecule has 0 bridgehead atoms. The summed E-state index contributed by atoms with van der Waals surface area (Å²) >= 11 is 0. The fourth-order valence-corrected chi connectivity index (χ4v) is 1.88. The monoisotopic (exact) mass is 476 g/mol. The quantitative estimate of drug-likeness (QED) is 0.363. The summed E-state index contributed by atoms with van der Waals surface area (Å²) in [6, 6.07) is 0.960. The standard InChI is InChI=1S/C10H8F6.C5H6N2O5.C2H4O2/c1-2-6-7(9(11,12)13)4-3-5-8(6)10(14,15)16;8-3-12-2-4(9)1-6-5(10)7-11;1-2(3)4/h3-5H,2H2,1H3;3H,1-2H2,(H,6,10);1H3,(H,3,4). The summed E-state index contributed by atoms with van der Waals surface area (Å²) < 4.78 is 78.7. The molecule has 0 spiro atoms. The molecule has 2 N–H and O–H groups in total. The van der Waals surface area contributed by atoms with Gasteiger partial charge in [-0.3, -0.25) is 14.4 Å². The van der Waals surface area contributed by atoms with Crippen LogP contribution in [0.5, 0.6) is 0 Å². The van der Waals surface area contributed by atoms with E-state index in [0.29, 0.717) is 12.1 Å². The van der Waals surface area contributed by atoms with Gasteiger partial charge in [0.25, 0.3) is 12.4 Å². The number of alkyl halides is 6. The third kappa shape index (κ3) is 13.7. The number of nitroso groups, excluding NO2 is 1. The first-order valence-electron chi connectivity index (χ1n) is 8.25. The largest absolute Gasteiger partial charge is 0.481 e. The fraction of sp³-hybridized carbons (Fsp3) is 0.412. The van der Waals surface area contributed by atoms with Gasteiger partial charge in [-0.25, -0.2) is 4.79 Å². The molecule has 0 radical (unpaired) electrons. The Kier molecular flexibility index (Phi) is 13.9. The first-order chi connectivity index (χ1) is 14.6. The minimum atomic E-state index is -4.76. The van der Waals surface area contributed by atoms with Crippen molar-refractivity contribution in [2.24, 2.45) is 5.18 Å². The van der Waals surface area contributed by atoms with Crippen molar-refractivity contribution in [3.05, 3.63) is 39.8 Å². The Labute approximate surface area is 176 Å². The van der Waals surface area contributed by atoms with Gasteiger partial charge >= 0.3 is 18.4 Å². The molecule has 1 aromatic carbocycles. The van der Waals surface area contributed by atoms with Gasteiger partial charge in [0.15, 0.2) is 12.4 Å². The number of hydrogen-bond acceptors (Lipinski definition) is 6. The zero-order valence-electron chi connectivity index (χ0n) is 16.5. The number of nitrogens with zero attached hydrogens (tertiary/aromatic N) is 1. The molecule has 0 atom stereocenters. The highest BCUT2D eigenvalue weighted by molar-refractivity contribution is 5.86. The van der Waals surface area contributed by atoms with E-state index < -0.39 is 53.4 Å². The molecule has 0 saturated carbocycles. The zero-order chi connectivity index (χ0) is 25.5. The number of ketones is 1. The number of aliphatic carboxylic acids is 1. The zero-order valence-corrected chi connectivity index (χ0v) is 16.5. The van der Waals surface area contributed by atoms with Crippen LogP contribution in [0, 0.1) is 4.91 Å². The summed E-state index contributed by atoms with van der Waals surface area (Å²) in [7, 11) is 0. The van der Waals surface area contributed by atoms with E-state index >= 15 is 0 Å². The Morgan fingerprint density at radius 3 is 1.84 bits per heavy atom. The van der Waals surface area contributed by atoms with Gasteiger partial charge in [0.05, 0.1) is 17.7 Å². The molecule has 0 heterocycles. The molecule has 2 amide bonds. The average molecular weight is 476 g/mol. The number of carboxylic acid groups (broad SMARTS) is 1. The van der Waals surface area contributed by atoms with E-state index in [4.69, 9.17) is 9.90 Å². The molecule has 0 saturated heterocycles. The van der Waals surface area contributed by atoms with Crippen molar-refractivity contribution in [1.29, 1.82) is 0 Å². The summed E-state index contributed by atoms with van der Waals surface area (Å²) in [6.07, 6.45) is -9.83. The number of amides is 2. The van der Waals surface area contributed by atoms with Crippen LogP contribution in [-0.2, 0) is 37.9 Å². The molecular weight excluding hydrogens is 458 g/mol. The maximum absolute atomic E-state index is 12.4. The van der Waals surface area contributed by atoms with Crippen LogP contribution in [0.3, 0.4) is 0 Å². The van der Waals surface area contributed by atoms with Gasteiger partial charge in [0.1, 0.15) is 0 Å². The first kappa shape index (κ1) is 30.7. The molecule has 0 aliphatic carbocycles. The van der Waals surface area contributed by atoms with E-state index in [1.165, 1.54) is 6.92 Å². The molecule has 32 heavy (non-hydrogen) atoms. The normalized spacial score (nSPS) is 10.4. The van der Waals surface area contributed by atoms with Gasteiger partial charge in [-0.15, -0.1) is 4.91 Å². The number of halogens is 6. The van der Waals surface area contributed by atoms with E-state index in [1.807, 2.05) is 10.5 Å². The number of urea groups is 1. The third-order valence-corrected chi connectivity index (χ3v) is 2.97. The topological polar surface area (TPSA) is 139 Å². The third-order valence-electron chi connectivity index (χ3n) is 2.97. The van der Waals surface area contributed by atoms with Crippen LogP contribution in [0.1, 0.15) is 30.5 Å². The van der Waals surface area contributed by atoms with Crippen LogP contribution in [-0.4, -0.2) is 42.5 Å². The molecule has 1 aromatic rings. The van der Waals surface area contributed by atoms with Crippen molar-refractivity contribution in [1.82, 2.24) is 5.32 Å². The van der Waals surface area contributed by atoms with Crippen LogP contribution in [0.2, 0.25) is 0 Å². The highest BCUT2D eigenvalue weighted by Gasteiger charge is 2.39. The Balaban J connectivity index is 0. The molecule has 15 heteroatoms. The van der Waals surface area contributed by atoms with Gasteiger partial charge in [-0.2, -0.15) is 26.3 Å². The Hall–Kier alpha value is -3.52. The molecular formula is C17H18F6N2O7. The lowest BCUT2D eigenvalue weighted by atomic mass is 9.98. The summed E-state index contributed by atoms with van der Waals surface area (Å²) in [4.78, 5) is 48.8. The minimum Gasteiger partial charge on any atom is -0.481 e. The predicted octanol–water partition coefficient (Wildman–Crippen LogP) is 3.58. The van der Waals surface area contributed by atoms with E-state index in [1.54, 1.807) is 0 Å². The maximum atomic E-state index is 12.4. The molecule has 0 fully saturated rings. The number of benzene rings is 1. The second kappa shape index (κ2) is 14.5. The van der Waals surface area contributed by atoms with Gasteiger partial charge in [-0.05, 0) is 24.1 Å². The number of Topliss-reactive ketones (excluding diaryl/α,β-unsaturated/α-hetero) is 1. The number of nitrogens with one attached hydrogen (secondary N) is 1. The summed E-state index contributed by atoms with van der Waals surface area (Å²) in [6.45, 7) is 1.65. The Morgan fingerprint density at radius 1 is 1.09 bits per heavy atom. The molecule has 9 nitrogen and oxygen atoms in total. The number of carboxylic acids is 1. The first-order valence-corrected chi connectivity index (χ1v) is 8.25. The summed E-state index contributed by atoms with van der Waals surface area (Å²) in [5, 5.41) is 11.3. The lowest BCUT2D eigenvalue weighted by molar-refractivity contribution is -0.144. The summed E-state index contributed by atoms with van der Waals surface area (Å²) in [5.41, 5.74) is -3.14.